The molecule has 2 amide bonds. The van der Waals surface area contributed by atoms with Gasteiger partial charge in [0.15, 0.2) is 11.5 Å². The molecule has 6 nitrogen and oxygen atoms in total. The predicted octanol–water partition coefficient (Wildman–Crippen LogP) is 2.92. The molecule has 0 fully saturated rings. The highest BCUT2D eigenvalue weighted by atomic mass is 16.2. The Bertz CT molecular complexity index is 795. The zero-order valence-corrected chi connectivity index (χ0v) is 14.8. The van der Waals surface area contributed by atoms with Gasteiger partial charge in [0.1, 0.15) is 0 Å². The highest BCUT2D eigenvalue weighted by Crippen LogP contribution is 2.22. The third-order valence-corrected chi connectivity index (χ3v) is 4.35. The Morgan fingerprint density at radius 2 is 2.08 bits per heavy atom. The van der Waals surface area contributed by atoms with Crippen LogP contribution in [0.25, 0.3) is 0 Å². The van der Waals surface area contributed by atoms with Crippen LogP contribution in [0.3, 0.4) is 0 Å². The SMILES string of the molecule is CCCNC(=O)c1nc(C(=O)Nc2cccc(C)c2)c2n1CCCC2. The van der Waals surface area contributed by atoms with Gasteiger partial charge in [-0.25, -0.2) is 4.98 Å². The van der Waals surface area contributed by atoms with Crippen molar-refractivity contribution in [3.8, 4) is 0 Å². The Hall–Kier alpha value is -2.63. The van der Waals surface area contributed by atoms with Gasteiger partial charge >= 0.3 is 0 Å². The number of amides is 2. The van der Waals surface area contributed by atoms with E-state index in [1.165, 1.54) is 0 Å². The number of benzene rings is 1. The Morgan fingerprint density at radius 3 is 2.84 bits per heavy atom. The number of imidazole rings is 1. The first-order valence-corrected chi connectivity index (χ1v) is 8.85. The summed E-state index contributed by atoms with van der Waals surface area (Å²) in [7, 11) is 0. The molecule has 3 rings (SSSR count). The van der Waals surface area contributed by atoms with Crippen LogP contribution >= 0.6 is 0 Å². The van der Waals surface area contributed by atoms with Gasteiger partial charge in [-0.15, -0.1) is 0 Å². The van der Waals surface area contributed by atoms with Gasteiger partial charge in [0.25, 0.3) is 11.8 Å². The van der Waals surface area contributed by atoms with Gasteiger partial charge in [-0.1, -0.05) is 19.1 Å². The van der Waals surface area contributed by atoms with Crippen LogP contribution in [-0.4, -0.2) is 27.9 Å². The third-order valence-electron chi connectivity index (χ3n) is 4.35. The van der Waals surface area contributed by atoms with E-state index in [-0.39, 0.29) is 11.8 Å². The summed E-state index contributed by atoms with van der Waals surface area (Å²) in [6, 6.07) is 7.64. The Morgan fingerprint density at radius 1 is 1.24 bits per heavy atom. The fourth-order valence-corrected chi connectivity index (χ4v) is 3.13. The normalized spacial score (nSPS) is 13.2. The van der Waals surface area contributed by atoms with Gasteiger partial charge in [-0.2, -0.15) is 0 Å². The standard InChI is InChI=1S/C19H24N4O2/c1-3-10-20-19(25)17-22-16(15-9-4-5-11-23(15)17)18(24)21-14-8-6-7-13(2)12-14/h6-8,12H,3-5,9-11H2,1-2H3,(H,20,25)(H,21,24). The molecule has 2 aromatic rings. The number of hydrogen-bond acceptors (Lipinski definition) is 3. The maximum atomic E-state index is 12.7. The number of rotatable bonds is 5. The minimum atomic E-state index is -0.259. The number of aryl methyl sites for hydroxylation is 1. The number of nitrogens with one attached hydrogen (secondary N) is 2. The summed E-state index contributed by atoms with van der Waals surface area (Å²) in [5, 5.41) is 5.75. The van der Waals surface area contributed by atoms with Crippen LogP contribution < -0.4 is 10.6 Å². The zero-order valence-electron chi connectivity index (χ0n) is 14.8. The van der Waals surface area contributed by atoms with Crippen LogP contribution in [0.1, 0.15) is 58.6 Å². The van der Waals surface area contributed by atoms with E-state index in [2.05, 4.69) is 15.6 Å². The smallest absolute Gasteiger partial charge is 0.287 e. The van der Waals surface area contributed by atoms with Crippen molar-refractivity contribution in [1.29, 1.82) is 0 Å². The van der Waals surface area contributed by atoms with E-state index in [1.54, 1.807) is 0 Å². The van der Waals surface area contributed by atoms with Crippen LogP contribution in [0.4, 0.5) is 5.69 Å². The summed E-state index contributed by atoms with van der Waals surface area (Å²) < 4.78 is 1.90. The van der Waals surface area contributed by atoms with Crippen LogP contribution in [0, 0.1) is 6.92 Å². The molecule has 6 heteroatoms. The molecule has 0 saturated carbocycles. The molecular formula is C19H24N4O2. The second-order valence-electron chi connectivity index (χ2n) is 6.42. The molecule has 1 aromatic heterocycles. The molecule has 0 saturated heterocycles. The fraction of sp³-hybridized carbons (Fsp3) is 0.421. The van der Waals surface area contributed by atoms with E-state index in [4.69, 9.17) is 0 Å². The highest BCUT2D eigenvalue weighted by Gasteiger charge is 2.27. The average molecular weight is 340 g/mol. The first-order valence-electron chi connectivity index (χ1n) is 8.85. The number of nitrogens with zero attached hydrogens (tertiary/aromatic N) is 2. The molecule has 0 spiro atoms. The molecule has 1 aliphatic rings. The topological polar surface area (TPSA) is 76.0 Å². The number of fused-ring (bicyclic) bond motifs is 1. The Kier molecular flexibility index (Phi) is 5.16. The predicted molar refractivity (Wildman–Crippen MR) is 96.9 cm³/mol. The molecule has 0 unspecified atom stereocenters. The molecule has 1 aromatic carbocycles. The molecule has 0 bridgehead atoms. The number of hydrogen-bond donors (Lipinski definition) is 2. The van der Waals surface area contributed by atoms with E-state index >= 15 is 0 Å². The van der Waals surface area contributed by atoms with E-state index in [1.807, 2.05) is 42.7 Å². The number of anilines is 1. The maximum Gasteiger partial charge on any atom is 0.287 e. The molecule has 25 heavy (non-hydrogen) atoms. The summed E-state index contributed by atoms with van der Waals surface area (Å²) in [4.78, 5) is 29.5. The maximum absolute atomic E-state index is 12.7. The van der Waals surface area contributed by atoms with Crippen molar-refractivity contribution in [2.45, 2.75) is 46.1 Å². The molecule has 2 heterocycles. The molecule has 132 valence electrons. The van der Waals surface area contributed by atoms with Crippen LogP contribution in [0.15, 0.2) is 24.3 Å². The second kappa shape index (κ2) is 7.51. The molecule has 0 atom stereocenters. The summed E-state index contributed by atoms with van der Waals surface area (Å²) in [5.74, 6) is -0.122. The monoisotopic (exact) mass is 340 g/mol. The summed E-state index contributed by atoms with van der Waals surface area (Å²) in [5.41, 5.74) is 3.03. The van der Waals surface area contributed by atoms with Gasteiger partial charge in [-0.05, 0) is 50.3 Å². The van der Waals surface area contributed by atoms with E-state index in [9.17, 15) is 9.59 Å². The van der Waals surface area contributed by atoms with Gasteiger partial charge in [0.2, 0.25) is 0 Å². The molecule has 0 aliphatic carbocycles. The van der Waals surface area contributed by atoms with E-state index in [0.29, 0.717) is 18.1 Å². The van der Waals surface area contributed by atoms with Crippen molar-refractivity contribution in [2.24, 2.45) is 0 Å². The van der Waals surface area contributed by atoms with E-state index < -0.39 is 0 Å². The van der Waals surface area contributed by atoms with Crippen molar-refractivity contribution in [3.63, 3.8) is 0 Å². The molecular weight excluding hydrogens is 316 g/mol. The van der Waals surface area contributed by atoms with Crippen molar-refractivity contribution in [3.05, 3.63) is 47.0 Å². The quantitative estimate of drug-likeness (QED) is 0.879. The largest absolute Gasteiger partial charge is 0.349 e. The summed E-state index contributed by atoms with van der Waals surface area (Å²) in [6.07, 6.45) is 3.63. The van der Waals surface area contributed by atoms with Crippen LogP contribution in [-0.2, 0) is 13.0 Å². The summed E-state index contributed by atoms with van der Waals surface area (Å²) in [6.45, 7) is 5.31. The number of aromatic nitrogens is 2. The number of carbonyl (C=O) groups excluding carboxylic acids is 2. The van der Waals surface area contributed by atoms with Crippen molar-refractivity contribution >= 4 is 17.5 Å². The third kappa shape index (κ3) is 3.73. The van der Waals surface area contributed by atoms with Gasteiger partial charge in [-0.3, -0.25) is 9.59 Å². The van der Waals surface area contributed by atoms with Gasteiger partial charge in [0, 0.05) is 18.8 Å². The molecule has 0 radical (unpaired) electrons. The first-order chi connectivity index (χ1) is 12.1. The van der Waals surface area contributed by atoms with Crippen molar-refractivity contribution in [2.75, 3.05) is 11.9 Å². The highest BCUT2D eigenvalue weighted by molar-refractivity contribution is 6.05. The van der Waals surface area contributed by atoms with Crippen LogP contribution in [0.2, 0.25) is 0 Å². The average Bonchev–Trinajstić information content (AvgIpc) is 2.99. The second-order valence-corrected chi connectivity index (χ2v) is 6.42. The lowest BCUT2D eigenvalue weighted by Crippen LogP contribution is -2.28. The molecule has 2 N–H and O–H groups in total. The fourth-order valence-electron chi connectivity index (χ4n) is 3.13. The van der Waals surface area contributed by atoms with Gasteiger partial charge < -0.3 is 15.2 Å². The molecule has 1 aliphatic heterocycles. The lowest BCUT2D eigenvalue weighted by Gasteiger charge is -2.17. The van der Waals surface area contributed by atoms with Crippen molar-refractivity contribution < 1.29 is 9.59 Å². The minimum absolute atomic E-state index is 0.209. The van der Waals surface area contributed by atoms with E-state index in [0.717, 1.165) is 49.2 Å². The van der Waals surface area contributed by atoms with Gasteiger partial charge in [0.05, 0.1) is 5.69 Å². The first kappa shape index (κ1) is 17.2. The Labute approximate surface area is 147 Å². The number of carbonyl (C=O) groups is 2. The minimum Gasteiger partial charge on any atom is -0.349 e. The lowest BCUT2D eigenvalue weighted by molar-refractivity contribution is 0.0937. The zero-order chi connectivity index (χ0) is 17.8. The summed E-state index contributed by atoms with van der Waals surface area (Å²) >= 11 is 0. The van der Waals surface area contributed by atoms with Crippen LogP contribution in [0.5, 0.6) is 0 Å². The van der Waals surface area contributed by atoms with Crippen molar-refractivity contribution in [1.82, 2.24) is 14.9 Å². The lowest BCUT2D eigenvalue weighted by atomic mass is 10.1. The Balaban J connectivity index is 1.89.